The average Bonchev–Trinajstić information content (AvgIpc) is 3.72. The molecule has 0 bridgehead atoms. The van der Waals surface area contributed by atoms with Crippen LogP contribution in [0.4, 0.5) is 0 Å². The quantitative estimate of drug-likeness (QED) is 0.174. The van der Waals surface area contributed by atoms with Gasteiger partial charge in [-0.15, -0.1) is 0 Å². The number of ether oxygens (including phenoxy) is 1. The second-order valence-electron chi connectivity index (χ2n) is 15.5. The lowest BCUT2D eigenvalue weighted by Gasteiger charge is -2.31. The first kappa shape index (κ1) is 30.1. The molecule has 0 aromatic heterocycles. The van der Waals surface area contributed by atoms with Crippen molar-refractivity contribution < 1.29 is 4.74 Å². The topological polar surface area (TPSA) is 9.23 Å². The van der Waals surface area contributed by atoms with E-state index in [9.17, 15) is 0 Å². The van der Waals surface area contributed by atoms with Crippen LogP contribution in [0.25, 0.3) is 88.0 Å². The fraction of sp³-hybridized carbons (Fsp3) is 0.0182. The van der Waals surface area contributed by atoms with Crippen LogP contribution in [-0.4, -0.2) is 0 Å². The highest BCUT2D eigenvalue weighted by Gasteiger charge is 2.52. The normalized spacial score (nSPS) is 13.6. The van der Waals surface area contributed by atoms with Crippen LogP contribution >= 0.6 is 0 Å². The SMILES string of the molecule is c1ccc2c(c1)-c1ccccc1C21c2cc(-c3ccc4c(c3)-c3cccc5cccc(c35)O4)ccc2-c2c1cc1ccccc1c2-c1cccc2ccccc12. The van der Waals surface area contributed by atoms with Crippen LogP contribution in [0.2, 0.25) is 0 Å². The molecule has 1 heteroatoms. The Morgan fingerprint density at radius 1 is 0.304 bits per heavy atom. The summed E-state index contributed by atoms with van der Waals surface area (Å²) in [4.78, 5) is 0. The molecule has 0 atom stereocenters. The van der Waals surface area contributed by atoms with Gasteiger partial charge in [0, 0.05) is 10.9 Å². The second kappa shape index (κ2) is 10.9. The van der Waals surface area contributed by atoms with E-state index in [0.717, 1.165) is 17.1 Å². The van der Waals surface area contributed by atoms with Gasteiger partial charge in [-0.25, -0.2) is 0 Å². The molecule has 0 saturated carbocycles. The van der Waals surface area contributed by atoms with Crippen LogP contribution < -0.4 is 4.74 Å². The highest BCUT2D eigenvalue weighted by atomic mass is 16.5. The molecule has 0 unspecified atom stereocenters. The minimum absolute atomic E-state index is 0.501. The molecule has 1 spiro atoms. The summed E-state index contributed by atoms with van der Waals surface area (Å²) in [6, 6.07) is 72.2. The van der Waals surface area contributed by atoms with E-state index in [1.807, 2.05) is 0 Å². The van der Waals surface area contributed by atoms with Gasteiger partial charge in [-0.2, -0.15) is 0 Å². The van der Waals surface area contributed by atoms with Gasteiger partial charge in [0.15, 0.2) is 0 Å². The molecular weight excluding hydrogens is 677 g/mol. The maximum atomic E-state index is 6.53. The molecule has 0 radical (unpaired) electrons. The van der Waals surface area contributed by atoms with Gasteiger partial charge in [0.1, 0.15) is 11.5 Å². The second-order valence-corrected chi connectivity index (χ2v) is 15.5. The zero-order chi connectivity index (χ0) is 36.5. The van der Waals surface area contributed by atoms with Crippen molar-refractivity contribution in [3.63, 3.8) is 0 Å². The smallest absolute Gasteiger partial charge is 0.135 e. The molecule has 10 aromatic carbocycles. The zero-order valence-electron chi connectivity index (χ0n) is 30.4. The molecule has 258 valence electrons. The van der Waals surface area contributed by atoms with Crippen LogP contribution in [0, 0.1) is 0 Å². The fourth-order valence-corrected chi connectivity index (χ4v) is 10.6. The molecule has 3 aliphatic rings. The lowest BCUT2D eigenvalue weighted by molar-refractivity contribution is 0.487. The standard InChI is InChI=1S/C55H32O/c1-3-17-38-33(12-1)14-9-21-42(38)53-39-18-4-2-13-37(39)32-49-54(53)44-28-26-36(31-48(44)55(49)46-23-7-5-19-40(46)41-20-6-8-24-47(41)55)35-27-29-50-45(30-35)43-22-10-15-34-16-11-25-51(56-50)52(34)43/h1-32H. The Balaban J connectivity index is 1.14. The third kappa shape index (κ3) is 3.79. The Morgan fingerprint density at radius 2 is 0.911 bits per heavy atom. The van der Waals surface area contributed by atoms with E-state index in [1.54, 1.807) is 0 Å². The summed E-state index contributed by atoms with van der Waals surface area (Å²) in [6.07, 6.45) is 0. The Kier molecular flexibility index (Phi) is 5.89. The zero-order valence-corrected chi connectivity index (χ0v) is 30.4. The maximum Gasteiger partial charge on any atom is 0.135 e. The molecule has 1 nitrogen and oxygen atoms in total. The van der Waals surface area contributed by atoms with Crippen LogP contribution in [0.15, 0.2) is 194 Å². The van der Waals surface area contributed by atoms with E-state index < -0.39 is 5.41 Å². The van der Waals surface area contributed by atoms with E-state index in [0.29, 0.717) is 0 Å². The predicted octanol–water partition coefficient (Wildman–Crippen LogP) is 14.6. The first-order valence-electron chi connectivity index (χ1n) is 19.5. The summed E-state index contributed by atoms with van der Waals surface area (Å²) in [6.45, 7) is 0. The monoisotopic (exact) mass is 708 g/mol. The van der Waals surface area contributed by atoms with Crippen LogP contribution in [0.3, 0.4) is 0 Å². The number of fused-ring (bicyclic) bond motifs is 14. The molecule has 10 aromatic rings. The molecule has 2 aliphatic carbocycles. The van der Waals surface area contributed by atoms with Crippen molar-refractivity contribution in [1.82, 2.24) is 0 Å². The Labute approximate surface area is 324 Å². The van der Waals surface area contributed by atoms with Gasteiger partial charge in [0.2, 0.25) is 0 Å². The average molecular weight is 709 g/mol. The molecule has 1 aliphatic heterocycles. The molecule has 13 rings (SSSR count). The number of rotatable bonds is 2. The predicted molar refractivity (Wildman–Crippen MR) is 232 cm³/mol. The van der Waals surface area contributed by atoms with E-state index in [2.05, 4.69) is 194 Å². The van der Waals surface area contributed by atoms with Gasteiger partial charge in [0.05, 0.1) is 5.41 Å². The number of benzene rings is 10. The summed E-state index contributed by atoms with van der Waals surface area (Å²) in [7, 11) is 0. The number of hydrogen-bond donors (Lipinski definition) is 0. The van der Waals surface area contributed by atoms with Crippen molar-refractivity contribution in [1.29, 1.82) is 0 Å². The van der Waals surface area contributed by atoms with Gasteiger partial charge >= 0.3 is 0 Å². The van der Waals surface area contributed by atoms with E-state index in [1.165, 1.54) is 105 Å². The minimum Gasteiger partial charge on any atom is -0.456 e. The number of hydrogen-bond acceptors (Lipinski definition) is 1. The lowest BCUT2D eigenvalue weighted by atomic mass is 9.69. The molecule has 56 heavy (non-hydrogen) atoms. The summed E-state index contributed by atoms with van der Waals surface area (Å²) in [5.74, 6) is 1.82. The van der Waals surface area contributed by atoms with E-state index >= 15 is 0 Å². The summed E-state index contributed by atoms with van der Waals surface area (Å²) >= 11 is 0. The Hall–Kier alpha value is -7.22. The minimum atomic E-state index is -0.501. The first-order chi connectivity index (χ1) is 27.8. The highest BCUT2D eigenvalue weighted by molar-refractivity contribution is 6.15. The van der Waals surface area contributed by atoms with Crippen LogP contribution in [-0.2, 0) is 5.41 Å². The van der Waals surface area contributed by atoms with Crippen molar-refractivity contribution >= 4 is 32.3 Å². The lowest BCUT2D eigenvalue weighted by Crippen LogP contribution is -2.26. The third-order valence-electron chi connectivity index (χ3n) is 12.8. The van der Waals surface area contributed by atoms with Crippen LogP contribution in [0.1, 0.15) is 22.3 Å². The fourth-order valence-electron chi connectivity index (χ4n) is 10.6. The van der Waals surface area contributed by atoms with E-state index in [4.69, 9.17) is 4.74 Å². The van der Waals surface area contributed by atoms with Crippen LogP contribution in [0.5, 0.6) is 11.5 Å². The third-order valence-corrected chi connectivity index (χ3v) is 12.8. The Morgan fingerprint density at radius 3 is 1.73 bits per heavy atom. The largest absolute Gasteiger partial charge is 0.456 e. The molecular formula is C55H32O. The van der Waals surface area contributed by atoms with E-state index in [-0.39, 0.29) is 0 Å². The maximum absolute atomic E-state index is 6.53. The van der Waals surface area contributed by atoms with Crippen molar-refractivity contribution in [2.45, 2.75) is 5.41 Å². The summed E-state index contributed by atoms with van der Waals surface area (Å²) < 4.78 is 6.53. The molecule has 0 amide bonds. The van der Waals surface area contributed by atoms with Gasteiger partial charge in [-0.3, -0.25) is 0 Å². The molecule has 0 fully saturated rings. The molecule has 0 N–H and O–H groups in total. The Bertz CT molecular complexity index is 3290. The van der Waals surface area contributed by atoms with Gasteiger partial charge in [-0.05, 0) is 130 Å². The van der Waals surface area contributed by atoms with Gasteiger partial charge in [0.25, 0.3) is 0 Å². The van der Waals surface area contributed by atoms with Crippen molar-refractivity contribution in [3.05, 3.63) is 216 Å². The highest BCUT2D eigenvalue weighted by Crippen LogP contribution is 2.65. The van der Waals surface area contributed by atoms with Crippen molar-refractivity contribution in [2.24, 2.45) is 0 Å². The van der Waals surface area contributed by atoms with Crippen molar-refractivity contribution in [3.8, 4) is 67.1 Å². The first-order valence-corrected chi connectivity index (χ1v) is 19.5. The van der Waals surface area contributed by atoms with Gasteiger partial charge < -0.3 is 4.74 Å². The summed E-state index contributed by atoms with van der Waals surface area (Å²) in [5.41, 5.74) is 17.4. The summed E-state index contributed by atoms with van der Waals surface area (Å²) in [5, 5.41) is 7.43. The van der Waals surface area contributed by atoms with Gasteiger partial charge in [-0.1, -0.05) is 164 Å². The molecule has 0 saturated heterocycles. The van der Waals surface area contributed by atoms with Crippen molar-refractivity contribution in [2.75, 3.05) is 0 Å². The molecule has 1 heterocycles.